The number of fused-ring (bicyclic) bond motifs is 4. The van der Waals surface area contributed by atoms with Crippen molar-refractivity contribution in [1.82, 2.24) is 0 Å². The van der Waals surface area contributed by atoms with E-state index in [0.717, 1.165) is 34.5 Å². The van der Waals surface area contributed by atoms with Gasteiger partial charge in [-0.05, 0) is 92.8 Å². The fourth-order valence-corrected chi connectivity index (χ4v) is 7.51. The standard InChI is InChI=1S/C19H24/c1-10(2)3-4-12-7-14-17-15-11(9-19(12,14)17)8-18-6-5-13(18)16(15)18/h3,12-14,16-17H,4-9H2,1-2H3/t12-,13?,14?,16?,17?,18?,19?/m0/s1. The van der Waals surface area contributed by atoms with Gasteiger partial charge in [-0.2, -0.15) is 0 Å². The van der Waals surface area contributed by atoms with Gasteiger partial charge in [0, 0.05) is 0 Å². The van der Waals surface area contributed by atoms with E-state index in [9.17, 15) is 0 Å². The third-order valence-corrected chi connectivity index (χ3v) is 8.38. The first-order valence-electron chi connectivity index (χ1n) is 8.54. The molecule has 0 nitrogen and oxygen atoms in total. The van der Waals surface area contributed by atoms with Crippen LogP contribution in [0.5, 0.6) is 0 Å². The summed E-state index contributed by atoms with van der Waals surface area (Å²) in [7, 11) is 0. The minimum absolute atomic E-state index is 0.834. The van der Waals surface area contributed by atoms with E-state index in [0.29, 0.717) is 0 Å². The average Bonchev–Trinajstić information content (AvgIpc) is 2.82. The van der Waals surface area contributed by atoms with Crippen LogP contribution in [0.3, 0.4) is 0 Å². The Morgan fingerprint density at radius 3 is 2.84 bits per heavy atom. The van der Waals surface area contributed by atoms with E-state index in [-0.39, 0.29) is 0 Å². The van der Waals surface area contributed by atoms with Crippen molar-refractivity contribution >= 4 is 0 Å². The normalized spacial score (nSPS) is 61.1. The van der Waals surface area contributed by atoms with E-state index in [1.54, 1.807) is 32.1 Å². The molecule has 0 N–H and O–H groups in total. The highest BCUT2D eigenvalue weighted by molar-refractivity contribution is 5.55. The Morgan fingerprint density at radius 2 is 2.11 bits per heavy atom. The molecule has 7 atom stereocenters. The van der Waals surface area contributed by atoms with Gasteiger partial charge >= 0.3 is 0 Å². The molecule has 0 heteroatoms. The van der Waals surface area contributed by atoms with E-state index < -0.39 is 0 Å². The number of allylic oxidation sites excluding steroid dienone is 4. The molecule has 0 aromatic rings. The molecular weight excluding hydrogens is 228 g/mol. The van der Waals surface area contributed by atoms with E-state index in [4.69, 9.17) is 0 Å². The Hall–Kier alpha value is -0.520. The first kappa shape index (κ1) is 10.2. The topological polar surface area (TPSA) is 0 Å². The van der Waals surface area contributed by atoms with Crippen LogP contribution >= 0.6 is 0 Å². The first-order chi connectivity index (χ1) is 9.18. The van der Waals surface area contributed by atoms with E-state index in [2.05, 4.69) is 25.5 Å². The number of hydrogen-bond donors (Lipinski definition) is 0. The van der Waals surface area contributed by atoms with Crippen LogP contribution in [0.2, 0.25) is 0 Å². The van der Waals surface area contributed by atoms with Crippen molar-refractivity contribution in [2.75, 3.05) is 0 Å². The summed E-state index contributed by atoms with van der Waals surface area (Å²) >= 11 is 0. The summed E-state index contributed by atoms with van der Waals surface area (Å²) in [4.78, 5) is 0. The van der Waals surface area contributed by atoms with Gasteiger partial charge in [-0.3, -0.25) is 0 Å². The molecular formula is C19H24. The molecule has 0 amide bonds. The molecule has 6 rings (SSSR count). The molecule has 4 fully saturated rings. The second-order valence-corrected chi connectivity index (χ2v) is 8.91. The molecule has 19 heavy (non-hydrogen) atoms. The molecule has 0 bridgehead atoms. The summed E-state index contributed by atoms with van der Waals surface area (Å²) in [6, 6.07) is 0. The zero-order valence-electron chi connectivity index (χ0n) is 12.2. The van der Waals surface area contributed by atoms with Gasteiger partial charge < -0.3 is 0 Å². The third-order valence-electron chi connectivity index (χ3n) is 8.38. The lowest BCUT2D eigenvalue weighted by molar-refractivity contribution is 0.154. The molecule has 6 unspecified atom stereocenters. The van der Waals surface area contributed by atoms with Crippen molar-refractivity contribution in [1.29, 1.82) is 0 Å². The molecule has 6 aliphatic carbocycles. The monoisotopic (exact) mass is 252 g/mol. The lowest BCUT2D eigenvalue weighted by Gasteiger charge is -2.37. The molecule has 0 aromatic heterocycles. The van der Waals surface area contributed by atoms with Crippen molar-refractivity contribution in [2.45, 2.75) is 52.4 Å². The molecule has 2 spiro atoms. The van der Waals surface area contributed by atoms with Gasteiger partial charge in [0.2, 0.25) is 0 Å². The van der Waals surface area contributed by atoms with Crippen LogP contribution in [0, 0.1) is 40.4 Å². The fourth-order valence-electron chi connectivity index (χ4n) is 7.51. The summed E-state index contributed by atoms with van der Waals surface area (Å²) in [6.45, 7) is 4.52. The van der Waals surface area contributed by atoms with E-state index in [1.807, 2.05) is 5.57 Å². The summed E-state index contributed by atoms with van der Waals surface area (Å²) in [5, 5.41) is 0. The second kappa shape index (κ2) is 2.63. The van der Waals surface area contributed by atoms with Gasteiger partial charge in [-0.1, -0.05) is 22.8 Å². The molecule has 6 aliphatic rings. The zero-order valence-corrected chi connectivity index (χ0v) is 12.2. The molecule has 0 saturated heterocycles. The van der Waals surface area contributed by atoms with Gasteiger partial charge in [-0.25, -0.2) is 0 Å². The maximum atomic E-state index is 2.51. The van der Waals surface area contributed by atoms with Gasteiger partial charge in [0.05, 0.1) is 0 Å². The summed E-state index contributed by atoms with van der Waals surface area (Å²) in [5.74, 6) is 5.61. The smallest absolute Gasteiger partial charge is 0.00979 e. The van der Waals surface area contributed by atoms with Crippen molar-refractivity contribution in [2.24, 2.45) is 40.4 Å². The van der Waals surface area contributed by atoms with Crippen LogP contribution in [0.1, 0.15) is 52.4 Å². The Labute approximate surface area is 116 Å². The van der Waals surface area contributed by atoms with Crippen LogP contribution in [0.25, 0.3) is 0 Å². The lowest BCUT2D eigenvalue weighted by Crippen LogP contribution is -2.28. The minimum atomic E-state index is 0.834. The summed E-state index contributed by atoms with van der Waals surface area (Å²) < 4.78 is 0. The molecule has 0 aromatic carbocycles. The van der Waals surface area contributed by atoms with Crippen molar-refractivity contribution in [3.05, 3.63) is 22.8 Å². The minimum Gasteiger partial charge on any atom is -0.0856 e. The molecule has 4 saturated carbocycles. The quantitative estimate of drug-likeness (QED) is 0.623. The Kier molecular flexibility index (Phi) is 1.42. The van der Waals surface area contributed by atoms with Gasteiger partial charge in [0.15, 0.2) is 0 Å². The highest BCUT2D eigenvalue weighted by Crippen LogP contribution is 2.92. The Morgan fingerprint density at radius 1 is 1.21 bits per heavy atom. The van der Waals surface area contributed by atoms with Crippen LogP contribution in [-0.4, -0.2) is 0 Å². The van der Waals surface area contributed by atoms with Gasteiger partial charge in [0.1, 0.15) is 0 Å². The maximum absolute atomic E-state index is 2.51. The maximum Gasteiger partial charge on any atom is -0.00979 e. The highest BCUT2D eigenvalue weighted by atomic mass is 14.9. The Balaban J connectivity index is 1.29. The first-order valence-corrected chi connectivity index (χ1v) is 8.54. The summed E-state index contributed by atoms with van der Waals surface area (Å²) in [5.41, 5.74) is 7.32. The number of rotatable bonds is 2. The second-order valence-electron chi connectivity index (χ2n) is 8.91. The molecule has 0 aliphatic heterocycles. The SMILES string of the molecule is CC(C)=CC[C@H]1CC2C3C4=C(CC56CCC5C46)CC231. The molecule has 0 heterocycles. The summed E-state index contributed by atoms with van der Waals surface area (Å²) in [6.07, 6.45) is 11.7. The third kappa shape index (κ3) is 0.843. The lowest BCUT2D eigenvalue weighted by atomic mass is 9.67. The van der Waals surface area contributed by atoms with Crippen LogP contribution < -0.4 is 0 Å². The van der Waals surface area contributed by atoms with E-state index in [1.165, 1.54) is 17.9 Å². The Bertz CT molecular complexity index is 575. The van der Waals surface area contributed by atoms with Crippen LogP contribution in [-0.2, 0) is 0 Å². The van der Waals surface area contributed by atoms with Crippen LogP contribution in [0.4, 0.5) is 0 Å². The average molecular weight is 252 g/mol. The molecule has 100 valence electrons. The highest BCUT2D eigenvalue weighted by Gasteiger charge is 2.85. The predicted molar refractivity (Wildman–Crippen MR) is 76.5 cm³/mol. The van der Waals surface area contributed by atoms with Crippen molar-refractivity contribution in [3.63, 3.8) is 0 Å². The van der Waals surface area contributed by atoms with Gasteiger partial charge in [-0.15, -0.1) is 0 Å². The van der Waals surface area contributed by atoms with Gasteiger partial charge in [0.25, 0.3) is 0 Å². The molecule has 0 radical (unpaired) electrons. The predicted octanol–water partition coefficient (Wildman–Crippen LogP) is 4.73. The fraction of sp³-hybridized carbons (Fsp3) is 0.789. The van der Waals surface area contributed by atoms with Crippen LogP contribution in [0.15, 0.2) is 22.8 Å². The zero-order chi connectivity index (χ0) is 12.6. The van der Waals surface area contributed by atoms with E-state index >= 15 is 0 Å². The van der Waals surface area contributed by atoms with Crippen molar-refractivity contribution in [3.8, 4) is 0 Å². The largest absolute Gasteiger partial charge is 0.0856 e. The number of hydrogen-bond acceptors (Lipinski definition) is 0. The van der Waals surface area contributed by atoms with Crippen molar-refractivity contribution < 1.29 is 0 Å².